The number of H-pyrrole nitrogens is 1. The number of Topliss-reactive ketones (excluding diaryl/α,β-unsaturated/α-hetero) is 1. The number of rotatable bonds is 6. The molecule has 0 bridgehead atoms. The highest BCUT2D eigenvalue weighted by Gasteiger charge is 2.20. The molecule has 3 aromatic heterocycles. The Morgan fingerprint density at radius 3 is 2.65 bits per heavy atom. The third kappa shape index (κ3) is 4.22. The number of hydrogen-bond acceptors (Lipinski definition) is 7. The third-order valence-electron chi connectivity index (χ3n) is 6.30. The van der Waals surface area contributed by atoms with Crippen LogP contribution in [-0.2, 0) is 17.8 Å². The van der Waals surface area contributed by atoms with Crippen molar-refractivity contribution < 1.29 is 9.53 Å². The number of fused-ring (bicyclic) bond motifs is 1. The minimum absolute atomic E-state index is 0.0366. The molecule has 1 N–H and O–H groups in total. The zero-order chi connectivity index (χ0) is 23.8. The van der Waals surface area contributed by atoms with E-state index in [1.54, 1.807) is 11.5 Å². The lowest BCUT2D eigenvalue weighted by molar-refractivity contribution is 0.0325. The minimum atomic E-state index is -0.0589. The predicted octanol–water partition coefficient (Wildman–Crippen LogP) is 3.55. The van der Waals surface area contributed by atoms with Crippen molar-refractivity contribution in [1.29, 1.82) is 0 Å². The van der Waals surface area contributed by atoms with Gasteiger partial charge in [0.1, 0.15) is 10.8 Å². The van der Waals surface area contributed by atoms with Crippen molar-refractivity contribution in [2.75, 3.05) is 26.3 Å². The van der Waals surface area contributed by atoms with E-state index in [4.69, 9.17) is 14.7 Å². The zero-order valence-electron chi connectivity index (χ0n) is 19.6. The Bertz CT molecular complexity index is 1430. The maximum Gasteiger partial charge on any atom is 0.261 e. The van der Waals surface area contributed by atoms with Gasteiger partial charge in [0, 0.05) is 29.7 Å². The van der Waals surface area contributed by atoms with Crippen molar-refractivity contribution in [3.05, 3.63) is 67.7 Å². The number of hydrogen-bond donors (Lipinski definition) is 1. The van der Waals surface area contributed by atoms with Gasteiger partial charge in [-0.15, -0.1) is 11.3 Å². The Morgan fingerprint density at radius 2 is 1.91 bits per heavy atom. The standard InChI is InChI=1S/C25H27N5O3S/c1-15-23(17(3)31)16(2)26-24(15)20-14-34-22(28-20)13-30-21(12-29-8-10-33-11-9-29)27-19-7-5-4-6-18(19)25(30)32/h4-7,14,26H,8-13H2,1-3H3. The molecule has 0 aliphatic carbocycles. The average molecular weight is 478 g/mol. The van der Waals surface area contributed by atoms with Crippen LogP contribution in [0.3, 0.4) is 0 Å². The van der Waals surface area contributed by atoms with Crippen LogP contribution >= 0.6 is 11.3 Å². The summed E-state index contributed by atoms with van der Waals surface area (Å²) < 4.78 is 7.22. The first-order chi connectivity index (χ1) is 16.4. The number of nitrogens with zero attached hydrogens (tertiary/aromatic N) is 4. The maximum atomic E-state index is 13.5. The number of para-hydroxylation sites is 1. The van der Waals surface area contributed by atoms with Crippen LogP contribution in [0.1, 0.15) is 39.4 Å². The summed E-state index contributed by atoms with van der Waals surface area (Å²) >= 11 is 1.50. The summed E-state index contributed by atoms with van der Waals surface area (Å²) in [5.74, 6) is 0.766. The first-order valence-corrected chi connectivity index (χ1v) is 12.2. The number of aromatic amines is 1. The number of aryl methyl sites for hydroxylation is 1. The molecule has 9 heteroatoms. The molecule has 176 valence electrons. The summed E-state index contributed by atoms with van der Waals surface area (Å²) in [6.07, 6.45) is 0. The predicted molar refractivity (Wildman–Crippen MR) is 133 cm³/mol. The topological polar surface area (TPSA) is 93.1 Å². The largest absolute Gasteiger partial charge is 0.379 e. The second-order valence-electron chi connectivity index (χ2n) is 8.63. The van der Waals surface area contributed by atoms with Crippen LogP contribution in [0.4, 0.5) is 0 Å². The van der Waals surface area contributed by atoms with Crippen molar-refractivity contribution in [2.45, 2.75) is 33.9 Å². The van der Waals surface area contributed by atoms with Crippen LogP contribution in [0.25, 0.3) is 22.3 Å². The van der Waals surface area contributed by atoms with Crippen molar-refractivity contribution in [1.82, 2.24) is 24.4 Å². The van der Waals surface area contributed by atoms with Crippen LogP contribution in [0, 0.1) is 13.8 Å². The Balaban J connectivity index is 1.52. The molecule has 0 amide bonds. The molecule has 1 fully saturated rings. The molecular formula is C25H27N5O3S. The molecule has 0 unspecified atom stereocenters. The fourth-order valence-electron chi connectivity index (χ4n) is 4.62. The lowest BCUT2D eigenvalue weighted by atomic mass is 10.1. The van der Waals surface area contributed by atoms with E-state index in [0.717, 1.165) is 46.6 Å². The Kier molecular flexibility index (Phi) is 6.16. The molecule has 0 atom stereocenters. The van der Waals surface area contributed by atoms with Gasteiger partial charge < -0.3 is 9.72 Å². The number of carbonyl (C=O) groups excluding carboxylic acids is 1. The number of ketones is 1. The SMILES string of the molecule is CC(=O)c1c(C)[nH]c(-c2csc(Cn3c(CN4CCOCC4)nc4ccccc4c3=O)n2)c1C. The summed E-state index contributed by atoms with van der Waals surface area (Å²) in [5, 5.41) is 3.39. The molecule has 5 rings (SSSR count). The van der Waals surface area contributed by atoms with Crippen molar-refractivity contribution >= 4 is 28.0 Å². The number of thiazole rings is 1. The molecule has 1 aliphatic heterocycles. The van der Waals surface area contributed by atoms with Crippen molar-refractivity contribution in [3.63, 3.8) is 0 Å². The Morgan fingerprint density at radius 1 is 1.15 bits per heavy atom. The molecule has 0 saturated carbocycles. The van der Waals surface area contributed by atoms with Gasteiger partial charge in [0.2, 0.25) is 0 Å². The van der Waals surface area contributed by atoms with Gasteiger partial charge >= 0.3 is 0 Å². The van der Waals surface area contributed by atoms with E-state index in [-0.39, 0.29) is 11.3 Å². The van der Waals surface area contributed by atoms with Gasteiger partial charge in [0.05, 0.1) is 48.6 Å². The smallest absolute Gasteiger partial charge is 0.261 e. The second kappa shape index (κ2) is 9.25. The molecule has 1 saturated heterocycles. The number of morpholine rings is 1. The third-order valence-corrected chi connectivity index (χ3v) is 7.13. The fourth-order valence-corrected chi connectivity index (χ4v) is 5.40. The number of carbonyl (C=O) groups is 1. The summed E-state index contributed by atoms with van der Waals surface area (Å²) in [6.45, 7) is 9.34. The molecule has 1 aromatic carbocycles. The van der Waals surface area contributed by atoms with Gasteiger partial charge in [0.25, 0.3) is 5.56 Å². The van der Waals surface area contributed by atoms with Crippen LogP contribution in [0.15, 0.2) is 34.4 Å². The molecule has 34 heavy (non-hydrogen) atoms. The van der Waals surface area contributed by atoms with Crippen LogP contribution in [-0.4, -0.2) is 56.5 Å². The summed E-state index contributed by atoms with van der Waals surface area (Å²) in [7, 11) is 0. The van der Waals surface area contributed by atoms with Gasteiger partial charge in [-0.05, 0) is 38.5 Å². The molecule has 8 nitrogen and oxygen atoms in total. The minimum Gasteiger partial charge on any atom is -0.379 e. The van der Waals surface area contributed by atoms with E-state index < -0.39 is 0 Å². The summed E-state index contributed by atoms with van der Waals surface area (Å²) in [6, 6.07) is 7.47. The van der Waals surface area contributed by atoms with Gasteiger partial charge in [-0.25, -0.2) is 9.97 Å². The summed E-state index contributed by atoms with van der Waals surface area (Å²) in [4.78, 5) is 40.7. The van der Waals surface area contributed by atoms with Gasteiger partial charge in [-0.1, -0.05) is 12.1 Å². The Labute approximate surface area is 201 Å². The quantitative estimate of drug-likeness (QED) is 0.427. The van der Waals surface area contributed by atoms with E-state index in [2.05, 4.69) is 9.88 Å². The average Bonchev–Trinajstić information content (AvgIpc) is 3.40. The number of aromatic nitrogens is 4. The molecule has 1 aliphatic rings. The fraction of sp³-hybridized carbons (Fsp3) is 0.360. The number of benzene rings is 1. The van der Waals surface area contributed by atoms with Crippen molar-refractivity contribution in [2.24, 2.45) is 0 Å². The first kappa shape index (κ1) is 22.6. The van der Waals surface area contributed by atoms with Crippen LogP contribution in [0.2, 0.25) is 0 Å². The molecule has 4 aromatic rings. The molecule has 4 heterocycles. The molecule has 0 radical (unpaired) electrons. The maximum absolute atomic E-state index is 13.5. The molecule has 0 spiro atoms. The normalized spacial score (nSPS) is 14.7. The van der Waals surface area contributed by atoms with Crippen LogP contribution < -0.4 is 5.56 Å². The Hall–Kier alpha value is -3.14. The number of nitrogens with one attached hydrogen (secondary N) is 1. The zero-order valence-corrected chi connectivity index (χ0v) is 20.4. The van der Waals surface area contributed by atoms with E-state index in [1.165, 1.54) is 11.3 Å². The highest BCUT2D eigenvalue weighted by atomic mass is 32.1. The first-order valence-electron chi connectivity index (χ1n) is 11.4. The number of ether oxygens (including phenoxy) is 1. The van der Waals surface area contributed by atoms with Gasteiger partial charge in [0.15, 0.2) is 5.78 Å². The van der Waals surface area contributed by atoms with Crippen molar-refractivity contribution in [3.8, 4) is 11.4 Å². The summed E-state index contributed by atoms with van der Waals surface area (Å²) in [5.41, 5.74) is 4.74. The van der Waals surface area contributed by atoms with Gasteiger partial charge in [-0.3, -0.25) is 19.1 Å². The van der Waals surface area contributed by atoms with E-state index in [9.17, 15) is 9.59 Å². The lowest BCUT2D eigenvalue weighted by Gasteiger charge is -2.27. The molecular weight excluding hydrogens is 450 g/mol. The highest BCUT2D eigenvalue weighted by molar-refractivity contribution is 7.09. The highest BCUT2D eigenvalue weighted by Crippen LogP contribution is 2.29. The second-order valence-corrected chi connectivity index (χ2v) is 9.58. The van der Waals surface area contributed by atoms with Crippen LogP contribution in [0.5, 0.6) is 0 Å². The van der Waals surface area contributed by atoms with E-state index >= 15 is 0 Å². The van der Waals surface area contributed by atoms with Gasteiger partial charge in [-0.2, -0.15) is 0 Å². The monoisotopic (exact) mass is 477 g/mol. The van der Waals surface area contributed by atoms with E-state index in [0.29, 0.717) is 42.8 Å². The van der Waals surface area contributed by atoms with E-state index in [1.807, 2.05) is 43.5 Å². The lowest BCUT2D eigenvalue weighted by Crippen LogP contribution is -2.38.